The Morgan fingerprint density at radius 3 is 2.65 bits per heavy atom. The molecule has 8 heteroatoms. The first-order valence-corrected chi connectivity index (χ1v) is 7.23. The summed E-state index contributed by atoms with van der Waals surface area (Å²) in [6.07, 6.45) is -0.297. The molecule has 0 aliphatic carbocycles. The summed E-state index contributed by atoms with van der Waals surface area (Å²) in [4.78, 5) is 35.3. The Labute approximate surface area is 132 Å². The standard InChI is InChI=1S/C15H18N4O4/c1-9(2)13(14(22)16-8-7-12(20)21)19-15(23)10-5-3-4-6-11(10)17-18-19/h3-6,9,13H,7-8H2,1-2H3,(H,16,22)(H,20,21)/p-1/t13-/m0/s1. The van der Waals surface area contributed by atoms with Crippen LogP contribution in [0.15, 0.2) is 29.1 Å². The van der Waals surface area contributed by atoms with Gasteiger partial charge in [-0.15, -0.1) is 5.10 Å². The van der Waals surface area contributed by atoms with Crippen LogP contribution in [-0.2, 0) is 9.59 Å². The van der Waals surface area contributed by atoms with Crippen LogP contribution in [0.4, 0.5) is 0 Å². The number of hydrogen-bond donors (Lipinski definition) is 1. The molecule has 2 rings (SSSR count). The molecule has 0 bridgehead atoms. The van der Waals surface area contributed by atoms with E-state index in [1.807, 2.05) is 0 Å². The number of rotatable bonds is 6. The van der Waals surface area contributed by atoms with Gasteiger partial charge in [0.2, 0.25) is 5.91 Å². The zero-order valence-corrected chi connectivity index (χ0v) is 12.9. The van der Waals surface area contributed by atoms with Crippen LogP contribution in [0.2, 0.25) is 0 Å². The van der Waals surface area contributed by atoms with Crippen molar-refractivity contribution in [3.63, 3.8) is 0 Å². The smallest absolute Gasteiger partial charge is 0.278 e. The molecule has 8 nitrogen and oxygen atoms in total. The Morgan fingerprint density at radius 1 is 1.30 bits per heavy atom. The van der Waals surface area contributed by atoms with Gasteiger partial charge in [-0.1, -0.05) is 31.2 Å². The lowest BCUT2D eigenvalue weighted by atomic mass is 10.0. The Bertz CT molecular complexity index is 784. The third kappa shape index (κ3) is 3.71. The minimum atomic E-state index is -1.26. The fourth-order valence-corrected chi connectivity index (χ4v) is 2.27. The average molecular weight is 317 g/mol. The predicted molar refractivity (Wildman–Crippen MR) is 80.3 cm³/mol. The Morgan fingerprint density at radius 2 is 2.00 bits per heavy atom. The Kier molecular flexibility index (Phi) is 5.05. The highest BCUT2D eigenvalue weighted by Gasteiger charge is 2.27. The number of carboxylic acid groups (broad SMARTS) is 1. The minimum Gasteiger partial charge on any atom is -0.550 e. The van der Waals surface area contributed by atoms with Crippen molar-refractivity contribution < 1.29 is 14.7 Å². The van der Waals surface area contributed by atoms with E-state index in [4.69, 9.17) is 0 Å². The van der Waals surface area contributed by atoms with Gasteiger partial charge in [-0.05, 0) is 18.1 Å². The molecule has 122 valence electrons. The molecule has 0 saturated carbocycles. The lowest BCUT2D eigenvalue weighted by molar-refractivity contribution is -0.305. The summed E-state index contributed by atoms with van der Waals surface area (Å²) in [5, 5.41) is 21.1. The number of hydrogen-bond acceptors (Lipinski definition) is 6. The van der Waals surface area contributed by atoms with Crippen molar-refractivity contribution in [2.45, 2.75) is 26.3 Å². The van der Waals surface area contributed by atoms with Crippen molar-refractivity contribution in [1.29, 1.82) is 0 Å². The van der Waals surface area contributed by atoms with Crippen LogP contribution in [0.3, 0.4) is 0 Å². The highest BCUT2D eigenvalue weighted by Crippen LogP contribution is 2.16. The quantitative estimate of drug-likeness (QED) is 0.749. The number of aliphatic carboxylic acids is 1. The van der Waals surface area contributed by atoms with Crippen molar-refractivity contribution in [3.8, 4) is 0 Å². The zero-order valence-electron chi connectivity index (χ0n) is 12.9. The maximum Gasteiger partial charge on any atom is 0.278 e. The van der Waals surface area contributed by atoms with Crippen LogP contribution in [0.1, 0.15) is 26.3 Å². The summed E-state index contributed by atoms with van der Waals surface area (Å²) in [6.45, 7) is 3.47. The molecule has 1 N–H and O–H groups in total. The molecule has 0 unspecified atom stereocenters. The first kappa shape index (κ1) is 16.6. The first-order chi connectivity index (χ1) is 10.9. The number of fused-ring (bicyclic) bond motifs is 1. The highest BCUT2D eigenvalue weighted by molar-refractivity contribution is 5.82. The van der Waals surface area contributed by atoms with E-state index in [1.165, 1.54) is 0 Å². The van der Waals surface area contributed by atoms with Crippen LogP contribution in [0.25, 0.3) is 10.9 Å². The van der Waals surface area contributed by atoms with Crippen LogP contribution < -0.4 is 16.0 Å². The number of nitrogens with zero attached hydrogens (tertiary/aromatic N) is 3. The third-order valence-corrected chi connectivity index (χ3v) is 3.38. The number of carboxylic acids is 1. The number of amides is 1. The summed E-state index contributed by atoms with van der Waals surface area (Å²) >= 11 is 0. The zero-order chi connectivity index (χ0) is 17.0. The molecule has 1 amide bonds. The van der Waals surface area contributed by atoms with Crippen molar-refractivity contribution in [2.24, 2.45) is 5.92 Å². The molecule has 1 aromatic carbocycles. The number of aromatic nitrogens is 3. The molecule has 1 atom stereocenters. The second-order valence-corrected chi connectivity index (χ2v) is 5.46. The van der Waals surface area contributed by atoms with E-state index in [2.05, 4.69) is 15.6 Å². The average Bonchev–Trinajstić information content (AvgIpc) is 2.49. The largest absolute Gasteiger partial charge is 0.550 e. The van der Waals surface area contributed by atoms with Crippen molar-refractivity contribution in [3.05, 3.63) is 34.6 Å². The Balaban J connectivity index is 2.34. The SMILES string of the molecule is CC(C)[C@@H](C(=O)NCCC(=O)[O-])n1nnc2ccccc2c1=O. The first-order valence-electron chi connectivity index (χ1n) is 7.23. The lowest BCUT2D eigenvalue weighted by Crippen LogP contribution is -2.42. The van der Waals surface area contributed by atoms with Gasteiger partial charge in [-0.2, -0.15) is 4.68 Å². The molecule has 0 fully saturated rings. The molecule has 1 heterocycles. The van der Waals surface area contributed by atoms with Gasteiger partial charge >= 0.3 is 0 Å². The fourth-order valence-electron chi connectivity index (χ4n) is 2.27. The molecular formula is C15H17N4O4-. The number of nitrogens with one attached hydrogen (secondary N) is 1. The van der Waals surface area contributed by atoms with E-state index in [0.717, 1.165) is 4.68 Å². The highest BCUT2D eigenvalue weighted by atomic mass is 16.4. The molecule has 0 spiro atoms. The second-order valence-electron chi connectivity index (χ2n) is 5.46. The van der Waals surface area contributed by atoms with Crippen molar-refractivity contribution in [2.75, 3.05) is 6.54 Å². The van der Waals surface area contributed by atoms with Gasteiger partial charge in [0.05, 0.1) is 5.39 Å². The van der Waals surface area contributed by atoms with E-state index >= 15 is 0 Å². The normalized spacial score (nSPS) is 12.3. The summed E-state index contributed by atoms with van der Waals surface area (Å²) in [5.41, 5.74) is 0.0398. The Hall–Kier alpha value is -2.77. The van der Waals surface area contributed by atoms with Crippen LogP contribution in [-0.4, -0.2) is 33.4 Å². The van der Waals surface area contributed by atoms with E-state index in [-0.39, 0.29) is 18.9 Å². The van der Waals surface area contributed by atoms with E-state index in [1.54, 1.807) is 38.1 Å². The fraction of sp³-hybridized carbons (Fsp3) is 0.400. The maximum absolute atomic E-state index is 12.5. The van der Waals surface area contributed by atoms with Crippen LogP contribution >= 0.6 is 0 Å². The molecule has 0 aliphatic heterocycles. The van der Waals surface area contributed by atoms with Gasteiger partial charge in [-0.25, -0.2) is 0 Å². The molecule has 0 radical (unpaired) electrons. The predicted octanol–water partition coefficient (Wildman–Crippen LogP) is -0.755. The van der Waals surface area contributed by atoms with Crippen molar-refractivity contribution >= 4 is 22.8 Å². The molecular weight excluding hydrogens is 300 g/mol. The van der Waals surface area contributed by atoms with Crippen LogP contribution in [0, 0.1) is 5.92 Å². The van der Waals surface area contributed by atoms with Gasteiger partial charge in [-0.3, -0.25) is 9.59 Å². The third-order valence-electron chi connectivity index (χ3n) is 3.38. The van der Waals surface area contributed by atoms with Crippen LogP contribution in [0.5, 0.6) is 0 Å². The summed E-state index contributed by atoms with van der Waals surface area (Å²) in [7, 11) is 0. The topological polar surface area (TPSA) is 117 Å². The second kappa shape index (κ2) is 6.99. The van der Waals surface area contributed by atoms with Crippen molar-refractivity contribution in [1.82, 2.24) is 20.3 Å². The molecule has 1 aromatic heterocycles. The molecule has 2 aromatic rings. The monoisotopic (exact) mass is 317 g/mol. The summed E-state index contributed by atoms with van der Waals surface area (Å²) < 4.78 is 1.04. The molecule has 0 saturated heterocycles. The number of carbonyl (C=O) groups excluding carboxylic acids is 2. The van der Waals surface area contributed by atoms with Gasteiger partial charge in [0.15, 0.2) is 0 Å². The van der Waals surface area contributed by atoms with E-state index < -0.39 is 23.5 Å². The minimum absolute atomic E-state index is 0.0693. The molecule has 23 heavy (non-hydrogen) atoms. The van der Waals surface area contributed by atoms with Gasteiger partial charge in [0.1, 0.15) is 11.6 Å². The van der Waals surface area contributed by atoms with Gasteiger partial charge < -0.3 is 15.2 Å². The number of carbonyl (C=O) groups is 2. The number of benzene rings is 1. The van der Waals surface area contributed by atoms with Gasteiger partial charge in [0, 0.05) is 18.9 Å². The summed E-state index contributed by atoms with van der Waals surface area (Å²) in [5.74, 6) is -1.96. The van der Waals surface area contributed by atoms with E-state index in [9.17, 15) is 19.5 Å². The van der Waals surface area contributed by atoms with Gasteiger partial charge in [0.25, 0.3) is 5.56 Å². The van der Waals surface area contributed by atoms with E-state index in [0.29, 0.717) is 10.9 Å². The lowest BCUT2D eigenvalue weighted by Gasteiger charge is -2.21. The maximum atomic E-state index is 12.5. The molecule has 0 aliphatic rings. The summed E-state index contributed by atoms with van der Waals surface area (Å²) in [6, 6.07) is 5.86.